The highest BCUT2D eigenvalue weighted by atomic mass is 16.6. The molecule has 4 rings (SSSR count). The molecular weight excluding hydrogens is 464 g/mol. The lowest BCUT2D eigenvalue weighted by atomic mass is 9.82. The predicted molar refractivity (Wildman–Crippen MR) is 129 cm³/mol. The fourth-order valence-corrected chi connectivity index (χ4v) is 4.22. The summed E-state index contributed by atoms with van der Waals surface area (Å²) in [4.78, 5) is 63.0. The van der Waals surface area contributed by atoms with Crippen molar-refractivity contribution in [2.45, 2.75) is 26.3 Å². The van der Waals surface area contributed by atoms with Crippen LogP contribution < -0.4 is 5.32 Å². The highest BCUT2D eigenvalue weighted by Crippen LogP contribution is 2.36. The van der Waals surface area contributed by atoms with Gasteiger partial charge in [-0.25, -0.2) is 0 Å². The second-order valence-corrected chi connectivity index (χ2v) is 8.29. The lowest BCUT2D eigenvalue weighted by molar-refractivity contribution is -0.385. The normalized spacial score (nSPS) is 12.8. The van der Waals surface area contributed by atoms with Crippen molar-refractivity contribution in [1.82, 2.24) is 5.32 Å². The van der Waals surface area contributed by atoms with Crippen LogP contribution in [0.2, 0.25) is 0 Å². The molecule has 3 aromatic carbocycles. The van der Waals surface area contributed by atoms with Gasteiger partial charge < -0.3 is 10.1 Å². The third-order valence-electron chi connectivity index (χ3n) is 5.95. The van der Waals surface area contributed by atoms with E-state index >= 15 is 0 Å². The van der Waals surface area contributed by atoms with Crippen LogP contribution in [0.25, 0.3) is 0 Å². The summed E-state index contributed by atoms with van der Waals surface area (Å²) in [5, 5.41) is 14.8. The summed E-state index contributed by atoms with van der Waals surface area (Å²) in [6, 6.07) is 14.7. The second-order valence-electron chi connectivity index (χ2n) is 8.29. The highest BCUT2D eigenvalue weighted by Gasteiger charge is 2.39. The molecule has 0 bridgehead atoms. The molecule has 1 aliphatic carbocycles. The van der Waals surface area contributed by atoms with Gasteiger partial charge in [-0.05, 0) is 31.5 Å². The average Bonchev–Trinajstić information content (AvgIpc) is 2.86. The number of hydrogen-bond acceptors (Lipinski definition) is 7. The smallest absolute Gasteiger partial charge is 0.308 e. The number of ether oxygens (including phenoxy) is 1. The van der Waals surface area contributed by atoms with E-state index < -0.39 is 45.7 Å². The zero-order chi connectivity index (χ0) is 26.0. The number of esters is 1. The molecule has 0 aliphatic heterocycles. The van der Waals surface area contributed by atoms with Gasteiger partial charge in [0.05, 0.1) is 24.0 Å². The molecule has 0 radical (unpaired) electrons. The van der Waals surface area contributed by atoms with Gasteiger partial charge in [-0.15, -0.1) is 0 Å². The maximum Gasteiger partial charge on any atom is 0.308 e. The Bertz CT molecular complexity index is 1410. The minimum Gasteiger partial charge on any atom is -0.466 e. The first kappa shape index (κ1) is 24.5. The molecule has 0 saturated carbocycles. The number of fused-ring (bicyclic) bond motifs is 2. The molecule has 0 spiro atoms. The lowest BCUT2D eigenvalue weighted by Crippen LogP contribution is -2.32. The largest absolute Gasteiger partial charge is 0.466 e. The topological polar surface area (TPSA) is 133 Å². The SMILES string of the molecule is CCOC(=O)C[C@H](NC(=O)c1ccc2c(c1[N+](=O)[O-])C(=O)c1ccccc1C2=O)c1ccc(C)cc1. The third-order valence-corrected chi connectivity index (χ3v) is 5.95. The van der Waals surface area contributed by atoms with E-state index in [9.17, 15) is 29.3 Å². The Balaban J connectivity index is 1.76. The zero-order valence-electron chi connectivity index (χ0n) is 19.6. The van der Waals surface area contributed by atoms with Gasteiger partial charge in [0.2, 0.25) is 5.78 Å². The summed E-state index contributed by atoms with van der Waals surface area (Å²) in [6.45, 7) is 3.70. The van der Waals surface area contributed by atoms with E-state index in [-0.39, 0.29) is 35.3 Å². The minimum absolute atomic E-state index is 0.0375. The Morgan fingerprint density at radius 1 is 0.944 bits per heavy atom. The highest BCUT2D eigenvalue weighted by molar-refractivity contribution is 6.30. The van der Waals surface area contributed by atoms with Crippen molar-refractivity contribution < 1.29 is 28.8 Å². The van der Waals surface area contributed by atoms with E-state index in [1.807, 2.05) is 19.1 Å². The van der Waals surface area contributed by atoms with Crippen LogP contribution in [-0.4, -0.2) is 35.0 Å². The van der Waals surface area contributed by atoms with Crippen molar-refractivity contribution in [3.8, 4) is 0 Å². The standard InChI is InChI=1S/C27H22N2O7/c1-3-36-22(30)14-21(16-10-8-15(2)9-11-16)28-27(33)20-13-12-19-23(24(20)29(34)35)26(32)18-7-5-4-6-17(18)25(19)31/h4-13,21H,3,14H2,1-2H3,(H,28,33)/t21-/m0/s1. The molecule has 9 heteroatoms. The molecule has 0 fully saturated rings. The summed E-state index contributed by atoms with van der Waals surface area (Å²) < 4.78 is 5.02. The van der Waals surface area contributed by atoms with Crippen LogP contribution in [0.1, 0.15) is 72.7 Å². The van der Waals surface area contributed by atoms with Crippen LogP contribution in [-0.2, 0) is 9.53 Å². The summed E-state index contributed by atoms with van der Waals surface area (Å²) in [5.41, 5.74) is 0.0523. The fraction of sp³-hybridized carbons (Fsp3) is 0.185. The van der Waals surface area contributed by atoms with Crippen LogP contribution in [0.5, 0.6) is 0 Å². The van der Waals surface area contributed by atoms with E-state index in [2.05, 4.69) is 5.32 Å². The van der Waals surface area contributed by atoms with Crippen LogP contribution in [0.15, 0.2) is 60.7 Å². The first-order chi connectivity index (χ1) is 17.2. The van der Waals surface area contributed by atoms with E-state index in [0.717, 1.165) is 11.6 Å². The van der Waals surface area contributed by atoms with Gasteiger partial charge in [0, 0.05) is 16.7 Å². The molecule has 36 heavy (non-hydrogen) atoms. The molecule has 9 nitrogen and oxygen atoms in total. The number of aryl methyl sites for hydroxylation is 1. The van der Waals surface area contributed by atoms with Crippen LogP contribution in [0, 0.1) is 17.0 Å². The maximum absolute atomic E-state index is 13.3. The van der Waals surface area contributed by atoms with Crippen LogP contribution in [0.3, 0.4) is 0 Å². The number of nitro benzene ring substituents is 1. The Kier molecular flexibility index (Phi) is 6.73. The Hall–Kier alpha value is -4.66. The number of benzene rings is 3. The lowest BCUT2D eigenvalue weighted by Gasteiger charge is -2.21. The van der Waals surface area contributed by atoms with Crippen molar-refractivity contribution in [3.05, 3.63) is 110 Å². The van der Waals surface area contributed by atoms with Crippen LogP contribution in [0.4, 0.5) is 5.69 Å². The Labute approximate surface area is 206 Å². The molecule has 182 valence electrons. The number of amides is 1. The molecule has 1 amide bonds. The van der Waals surface area contributed by atoms with Gasteiger partial charge in [0.1, 0.15) is 11.1 Å². The van der Waals surface area contributed by atoms with E-state index in [4.69, 9.17) is 4.74 Å². The number of nitro groups is 1. The predicted octanol–water partition coefficient (Wildman–Crippen LogP) is 4.10. The molecule has 0 heterocycles. The monoisotopic (exact) mass is 486 g/mol. The van der Waals surface area contributed by atoms with Gasteiger partial charge in [-0.1, -0.05) is 54.1 Å². The zero-order valence-corrected chi connectivity index (χ0v) is 19.6. The summed E-state index contributed by atoms with van der Waals surface area (Å²) in [5.74, 6) is -2.66. The van der Waals surface area contributed by atoms with Crippen molar-refractivity contribution in [3.63, 3.8) is 0 Å². The maximum atomic E-state index is 13.3. The molecule has 1 aliphatic rings. The van der Waals surface area contributed by atoms with Crippen molar-refractivity contribution in [1.29, 1.82) is 0 Å². The van der Waals surface area contributed by atoms with Gasteiger partial charge in [0.25, 0.3) is 11.6 Å². The summed E-state index contributed by atoms with van der Waals surface area (Å²) >= 11 is 0. The van der Waals surface area contributed by atoms with Gasteiger partial charge in [-0.3, -0.25) is 29.3 Å². The number of nitrogens with one attached hydrogen (secondary N) is 1. The van der Waals surface area contributed by atoms with Crippen molar-refractivity contribution in [2.24, 2.45) is 0 Å². The van der Waals surface area contributed by atoms with Crippen molar-refractivity contribution >= 4 is 29.1 Å². The second kappa shape index (κ2) is 9.91. The molecule has 0 aromatic heterocycles. The molecule has 0 saturated heterocycles. The van der Waals surface area contributed by atoms with Crippen molar-refractivity contribution in [2.75, 3.05) is 6.61 Å². The molecule has 3 aromatic rings. The number of hydrogen-bond donors (Lipinski definition) is 1. The molecule has 1 atom stereocenters. The number of nitrogens with zero attached hydrogens (tertiary/aromatic N) is 1. The number of ketones is 2. The number of carbonyl (C=O) groups excluding carboxylic acids is 4. The summed E-state index contributed by atoms with van der Waals surface area (Å²) in [6.07, 6.45) is -0.202. The van der Waals surface area contributed by atoms with Gasteiger partial charge in [-0.2, -0.15) is 0 Å². The molecule has 0 unspecified atom stereocenters. The fourth-order valence-electron chi connectivity index (χ4n) is 4.22. The molecular formula is C27H22N2O7. The minimum atomic E-state index is -0.863. The van der Waals surface area contributed by atoms with E-state index in [0.29, 0.717) is 5.56 Å². The third kappa shape index (κ3) is 4.50. The molecule has 1 N–H and O–H groups in total. The van der Waals surface area contributed by atoms with Gasteiger partial charge in [0.15, 0.2) is 5.78 Å². The Morgan fingerprint density at radius 3 is 2.19 bits per heavy atom. The summed E-state index contributed by atoms with van der Waals surface area (Å²) in [7, 11) is 0. The van der Waals surface area contributed by atoms with E-state index in [1.54, 1.807) is 31.2 Å². The van der Waals surface area contributed by atoms with Crippen LogP contribution >= 0.6 is 0 Å². The Morgan fingerprint density at radius 2 is 1.58 bits per heavy atom. The number of carbonyl (C=O) groups is 4. The first-order valence-corrected chi connectivity index (χ1v) is 11.3. The van der Waals surface area contributed by atoms with E-state index in [1.165, 1.54) is 18.2 Å². The quantitative estimate of drug-likeness (QED) is 0.236. The first-order valence-electron chi connectivity index (χ1n) is 11.3. The number of rotatable bonds is 7. The average molecular weight is 486 g/mol. The van der Waals surface area contributed by atoms with Gasteiger partial charge >= 0.3 is 5.97 Å².